The molecule has 3 nitrogen and oxygen atoms in total. The highest BCUT2D eigenvalue weighted by Gasteiger charge is 2.51. The average molecular weight is 286 g/mol. The number of methoxy groups -OCH3 is 1. The molecule has 0 saturated heterocycles. The summed E-state index contributed by atoms with van der Waals surface area (Å²) in [6.07, 6.45) is 0. The van der Waals surface area contributed by atoms with Crippen molar-refractivity contribution in [2.24, 2.45) is 0 Å². The van der Waals surface area contributed by atoms with Gasteiger partial charge in [-0.2, -0.15) is 0 Å². The second-order valence-corrected chi connectivity index (χ2v) is 5.87. The van der Waals surface area contributed by atoms with E-state index in [4.69, 9.17) is 9.47 Å². The zero-order chi connectivity index (χ0) is 14.2. The Kier molecular flexibility index (Phi) is 3.28. The Morgan fingerprint density at radius 3 is 2.50 bits per heavy atom. The van der Waals surface area contributed by atoms with E-state index in [0.717, 1.165) is 10.5 Å². The van der Waals surface area contributed by atoms with Crippen LogP contribution >= 0.6 is 11.8 Å². The maximum Gasteiger partial charge on any atom is 0.359 e. The first kappa shape index (κ1) is 13.2. The highest BCUT2D eigenvalue weighted by Crippen LogP contribution is 2.50. The molecular formula is C16H14O3S. The second kappa shape index (κ2) is 4.96. The lowest BCUT2D eigenvalue weighted by molar-refractivity contribution is -0.145. The van der Waals surface area contributed by atoms with Crippen molar-refractivity contribution in [2.45, 2.75) is 16.8 Å². The van der Waals surface area contributed by atoms with Gasteiger partial charge in [-0.25, -0.2) is 4.79 Å². The molecule has 0 amide bonds. The molecule has 3 rings (SSSR count). The SMILES string of the molecule is COC1(Sc2ccc(C)cc2)C(=O)Oc2ccccc21. The Balaban J connectivity index is 2.03. The maximum atomic E-state index is 12.3. The van der Waals surface area contributed by atoms with E-state index in [0.29, 0.717) is 5.75 Å². The van der Waals surface area contributed by atoms with Gasteiger partial charge in [0.1, 0.15) is 5.75 Å². The van der Waals surface area contributed by atoms with Crippen LogP contribution in [0.3, 0.4) is 0 Å². The zero-order valence-corrected chi connectivity index (χ0v) is 12.1. The fraction of sp³-hybridized carbons (Fsp3) is 0.188. The normalized spacial score (nSPS) is 20.6. The zero-order valence-electron chi connectivity index (χ0n) is 11.3. The molecule has 2 aromatic carbocycles. The van der Waals surface area contributed by atoms with E-state index in [1.54, 1.807) is 6.07 Å². The number of rotatable bonds is 3. The molecule has 0 radical (unpaired) electrons. The number of ether oxygens (including phenoxy) is 2. The van der Waals surface area contributed by atoms with E-state index in [1.165, 1.54) is 24.4 Å². The summed E-state index contributed by atoms with van der Waals surface area (Å²) in [5, 5.41) is 0. The molecule has 0 fully saturated rings. The smallest absolute Gasteiger partial charge is 0.359 e. The molecule has 2 aromatic rings. The predicted molar refractivity (Wildman–Crippen MR) is 77.8 cm³/mol. The molecule has 1 aliphatic rings. The molecule has 20 heavy (non-hydrogen) atoms. The van der Waals surface area contributed by atoms with Crippen molar-refractivity contribution in [3.63, 3.8) is 0 Å². The highest BCUT2D eigenvalue weighted by molar-refractivity contribution is 8.00. The minimum atomic E-state index is -1.12. The molecule has 0 bridgehead atoms. The topological polar surface area (TPSA) is 35.5 Å². The van der Waals surface area contributed by atoms with Crippen molar-refractivity contribution in [3.05, 3.63) is 59.7 Å². The third-order valence-corrected chi connectivity index (χ3v) is 4.63. The predicted octanol–water partition coefficient (Wildman–Crippen LogP) is 3.51. The minimum absolute atomic E-state index is 0.383. The van der Waals surface area contributed by atoms with E-state index in [-0.39, 0.29) is 5.97 Å². The molecule has 0 N–H and O–H groups in total. The van der Waals surface area contributed by atoms with E-state index in [2.05, 4.69) is 0 Å². The van der Waals surface area contributed by atoms with Crippen LogP contribution in [0.25, 0.3) is 0 Å². The van der Waals surface area contributed by atoms with Crippen molar-refractivity contribution >= 4 is 17.7 Å². The summed E-state index contributed by atoms with van der Waals surface area (Å²) >= 11 is 1.36. The quantitative estimate of drug-likeness (QED) is 0.491. The van der Waals surface area contributed by atoms with Crippen molar-refractivity contribution in [2.75, 3.05) is 7.11 Å². The number of aryl methyl sites for hydroxylation is 1. The Morgan fingerprint density at radius 2 is 1.80 bits per heavy atom. The van der Waals surface area contributed by atoms with Crippen LogP contribution in [0.4, 0.5) is 0 Å². The van der Waals surface area contributed by atoms with Crippen LogP contribution in [0.15, 0.2) is 53.4 Å². The molecule has 1 aliphatic heterocycles. The summed E-state index contributed by atoms with van der Waals surface area (Å²) in [6.45, 7) is 2.03. The highest BCUT2D eigenvalue weighted by atomic mass is 32.2. The summed E-state index contributed by atoms with van der Waals surface area (Å²) in [7, 11) is 1.53. The summed E-state index contributed by atoms with van der Waals surface area (Å²) in [5.41, 5.74) is 1.94. The van der Waals surface area contributed by atoms with Gasteiger partial charge in [0.15, 0.2) is 0 Å². The first-order chi connectivity index (χ1) is 9.65. The number of hydrogen-bond acceptors (Lipinski definition) is 4. The molecule has 1 atom stereocenters. The number of carbonyl (C=O) groups excluding carboxylic acids is 1. The van der Waals surface area contributed by atoms with E-state index < -0.39 is 4.93 Å². The third kappa shape index (κ3) is 2.01. The Bertz CT molecular complexity index is 651. The molecule has 0 aromatic heterocycles. The van der Waals surface area contributed by atoms with E-state index >= 15 is 0 Å². The van der Waals surface area contributed by atoms with Crippen molar-refractivity contribution in [1.29, 1.82) is 0 Å². The molecule has 1 heterocycles. The fourth-order valence-electron chi connectivity index (χ4n) is 2.21. The van der Waals surface area contributed by atoms with Crippen molar-refractivity contribution < 1.29 is 14.3 Å². The molecule has 4 heteroatoms. The molecule has 0 saturated carbocycles. The summed E-state index contributed by atoms with van der Waals surface area (Å²) < 4.78 is 10.9. The number of fused-ring (bicyclic) bond motifs is 1. The third-order valence-electron chi connectivity index (χ3n) is 3.28. The van der Waals surface area contributed by atoms with Gasteiger partial charge in [0.05, 0.1) is 0 Å². The Morgan fingerprint density at radius 1 is 1.10 bits per heavy atom. The monoisotopic (exact) mass is 286 g/mol. The number of hydrogen-bond donors (Lipinski definition) is 0. The molecule has 0 spiro atoms. The van der Waals surface area contributed by atoms with E-state index in [9.17, 15) is 4.79 Å². The fourth-order valence-corrected chi connectivity index (χ4v) is 3.30. The minimum Gasteiger partial charge on any atom is -0.423 e. The molecule has 1 unspecified atom stereocenters. The van der Waals surface area contributed by atoms with Crippen LogP contribution in [0, 0.1) is 6.92 Å². The molecular weight excluding hydrogens is 272 g/mol. The second-order valence-electron chi connectivity index (χ2n) is 4.62. The summed E-state index contributed by atoms with van der Waals surface area (Å²) in [4.78, 5) is 12.1. The number of para-hydroxylation sites is 1. The number of benzene rings is 2. The molecule has 0 aliphatic carbocycles. The number of esters is 1. The number of carbonyl (C=O) groups is 1. The summed E-state index contributed by atoms with van der Waals surface area (Å²) in [5.74, 6) is 0.186. The number of thioether (sulfide) groups is 1. The van der Waals surface area contributed by atoms with Crippen molar-refractivity contribution in [3.8, 4) is 5.75 Å². The van der Waals surface area contributed by atoms with Gasteiger partial charge in [-0.3, -0.25) is 0 Å². The lowest BCUT2D eigenvalue weighted by Crippen LogP contribution is -2.32. The largest absolute Gasteiger partial charge is 0.423 e. The first-order valence-electron chi connectivity index (χ1n) is 6.28. The standard InChI is InChI=1S/C16H14O3S/c1-11-7-9-12(10-8-11)20-16(18-2)13-5-3-4-6-14(13)19-15(16)17/h3-10H,1-2H3. The van der Waals surface area contributed by atoms with Crippen LogP contribution in [-0.2, 0) is 14.5 Å². The first-order valence-corrected chi connectivity index (χ1v) is 7.10. The summed E-state index contributed by atoms with van der Waals surface area (Å²) in [6, 6.07) is 15.4. The van der Waals surface area contributed by atoms with Gasteiger partial charge in [0.25, 0.3) is 0 Å². The van der Waals surface area contributed by atoms with E-state index in [1.807, 2.05) is 49.4 Å². The maximum absolute atomic E-state index is 12.3. The van der Waals surface area contributed by atoms with Crippen molar-refractivity contribution in [1.82, 2.24) is 0 Å². The Hall–Kier alpha value is -1.78. The van der Waals surface area contributed by atoms with Gasteiger partial charge in [-0.1, -0.05) is 47.7 Å². The molecule has 102 valence electrons. The van der Waals surface area contributed by atoms with Crippen LogP contribution in [0.5, 0.6) is 5.75 Å². The van der Waals surface area contributed by atoms with Gasteiger partial charge in [0, 0.05) is 17.6 Å². The van der Waals surface area contributed by atoms with Crippen LogP contribution in [0.2, 0.25) is 0 Å². The van der Waals surface area contributed by atoms with Gasteiger partial charge in [-0.15, -0.1) is 0 Å². The Labute approximate surface area is 121 Å². The lowest BCUT2D eigenvalue weighted by atomic mass is 10.1. The van der Waals surface area contributed by atoms with Gasteiger partial charge < -0.3 is 9.47 Å². The van der Waals surface area contributed by atoms with Crippen LogP contribution in [0.1, 0.15) is 11.1 Å². The van der Waals surface area contributed by atoms with Crippen LogP contribution < -0.4 is 4.74 Å². The lowest BCUT2D eigenvalue weighted by Gasteiger charge is -2.23. The van der Waals surface area contributed by atoms with Crippen LogP contribution in [-0.4, -0.2) is 13.1 Å². The van der Waals surface area contributed by atoms with Gasteiger partial charge in [-0.05, 0) is 25.1 Å². The van der Waals surface area contributed by atoms with Gasteiger partial charge in [0.2, 0.25) is 4.93 Å². The average Bonchev–Trinajstić information content (AvgIpc) is 2.74. The van der Waals surface area contributed by atoms with Gasteiger partial charge >= 0.3 is 5.97 Å².